The van der Waals surface area contributed by atoms with Crippen molar-refractivity contribution in [2.24, 2.45) is 0 Å². The Bertz CT molecular complexity index is 1410. The van der Waals surface area contributed by atoms with Gasteiger partial charge < -0.3 is 10.2 Å². The summed E-state index contributed by atoms with van der Waals surface area (Å²) in [6, 6.07) is 22.4. The third-order valence-corrected chi connectivity index (χ3v) is 8.18. The molecule has 40 heavy (non-hydrogen) atoms. The van der Waals surface area contributed by atoms with Crippen LogP contribution in [0.5, 0.6) is 0 Å². The van der Waals surface area contributed by atoms with Crippen LogP contribution in [-0.2, 0) is 32.6 Å². The lowest BCUT2D eigenvalue weighted by molar-refractivity contribution is -0.141. The van der Waals surface area contributed by atoms with E-state index in [1.807, 2.05) is 94.4 Å². The Morgan fingerprint density at radius 2 is 1.57 bits per heavy atom. The van der Waals surface area contributed by atoms with E-state index in [0.717, 1.165) is 27.8 Å². The molecule has 0 aliphatic rings. The molecule has 0 aliphatic heterocycles. The number of carbonyl (C=O) groups excluding carboxylic acids is 2. The SMILES string of the molecule is CCNC(=O)C(Cc1ccccc1)N(Cc1cccc(C)c1)C(=O)CCCN(c1ccc(C)c(C)c1)S(C)(=O)=O. The number of hydrogen-bond donors (Lipinski definition) is 1. The van der Waals surface area contributed by atoms with E-state index < -0.39 is 16.1 Å². The lowest BCUT2D eigenvalue weighted by Crippen LogP contribution is -2.50. The highest BCUT2D eigenvalue weighted by Crippen LogP contribution is 2.23. The van der Waals surface area contributed by atoms with Gasteiger partial charge in [-0.3, -0.25) is 13.9 Å². The summed E-state index contributed by atoms with van der Waals surface area (Å²) in [4.78, 5) is 28.8. The van der Waals surface area contributed by atoms with Crippen molar-refractivity contribution in [3.05, 3.63) is 101 Å². The second-order valence-corrected chi connectivity index (χ2v) is 12.2. The number of likely N-dealkylation sites (N-methyl/N-ethyl adjacent to an activating group) is 1. The first-order chi connectivity index (χ1) is 19.0. The minimum atomic E-state index is -3.55. The number of nitrogens with one attached hydrogen (secondary N) is 1. The molecule has 214 valence electrons. The van der Waals surface area contributed by atoms with Crippen molar-refractivity contribution in [1.29, 1.82) is 0 Å². The molecule has 0 radical (unpaired) electrons. The van der Waals surface area contributed by atoms with E-state index in [-0.39, 0.29) is 31.3 Å². The molecule has 1 N–H and O–H groups in total. The van der Waals surface area contributed by atoms with E-state index in [4.69, 9.17) is 0 Å². The fraction of sp³-hybridized carbons (Fsp3) is 0.375. The van der Waals surface area contributed by atoms with Gasteiger partial charge in [0.1, 0.15) is 6.04 Å². The maximum Gasteiger partial charge on any atom is 0.243 e. The van der Waals surface area contributed by atoms with Gasteiger partial charge in [-0.05, 0) is 68.5 Å². The van der Waals surface area contributed by atoms with E-state index in [0.29, 0.717) is 25.1 Å². The first-order valence-corrected chi connectivity index (χ1v) is 15.6. The maximum absolute atomic E-state index is 13.8. The largest absolute Gasteiger partial charge is 0.355 e. The molecular weight excluding hydrogens is 522 g/mol. The third kappa shape index (κ3) is 8.68. The number of nitrogens with zero attached hydrogens (tertiary/aromatic N) is 2. The molecule has 7 nitrogen and oxygen atoms in total. The van der Waals surface area contributed by atoms with Gasteiger partial charge >= 0.3 is 0 Å². The van der Waals surface area contributed by atoms with Gasteiger partial charge in [-0.15, -0.1) is 0 Å². The van der Waals surface area contributed by atoms with Crippen LogP contribution >= 0.6 is 0 Å². The fourth-order valence-corrected chi connectivity index (χ4v) is 5.70. The molecule has 3 aromatic carbocycles. The standard InChI is InChI=1S/C32H41N3O4S/c1-6-33-32(37)30(22-27-13-8-7-9-14-27)34(23-28-15-10-12-24(2)20-28)31(36)16-11-19-35(40(5,38)39)29-18-17-25(3)26(4)21-29/h7-10,12-15,17-18,20-21,30H,6,11,16,19,22-23H2,1-5H3,(H,33,37). The summed E-state index contributed by atoms with van der Waals surface area (Å²) in [5, 5.41) is 2.90. The topological polar surface area (TPSA) is 86.8 Å². The normalized spacial score (nSPS) is 12.0. The highest BCUT2D eigenvalue weighted by Gasteiger charge is 2.30. The van der Waals surface area contributed by atoms with E-state index in [1.165, 1.54) is 10.6 Å². The Hall–Kier alpha value is -3.65. The second-order valence-electron chi connectivity index (χ2n) is 10.3. The van der Waals surface area contributed by atoms with Crippen molar-refractivity contribution in [1.82, 2.24) is 10.2 Å². The molecule has 3 rings (SSSR count). The van der Waals surface area contributed by atoms with Gasteiger partial charge in [0, 0.05) is 32.5 Å². The number of benzene rings is 3. The predicted octanol–water partition coefficient (Wildman–Crippen LogP) is 4.93. The summed E-state index contributed by atoms with van der Waals surface area (Å²) >= 11 is 0. The molecule has 1 unspecified atom stereocenters. The lowest BCUT2D eigenvalue weighted by Gasteiger charge is -2.32. The summed E-state index contributed by atoms with van der Waals surface area (Å²) in [5.41, 5.74) is 5.62. The Kier molecular flexibility index (Phi) is 10.9. The van der Waals surface area contributed by atoms with Crippen LogP contribution in [0, 0.1) is 20.8 Å². The average molecular weight is 564 g/mol. The molecule has 0 spiro atoms. The predicted molar refractivity (Wildman–Crippen MR) is 162 cm³/mol. The zero-order valence-corrected chi connectivity index (χ0v) is 25.0. The molecule has 0 aromatic heterocycles. The zero-order valence-electron chi connectivity index (χ0n) is 24.2. The van der Waals surface area contributed by atoms with Crippen molar-refractivity contribution in [2.45, 2.75) is 59.5 Å². The van der Waals surface area contributed by atoms with Gasteiger partial charge in [-0.1, -0.05) is 66.2 Å². The number of carbonyl (C=O) groups is 2. The summed E-state index contributed by atoms with van der Waals surface area (Å²) in [6.07, 6.45) is 1.98. The van der Waals surface area contributed by atoms with Crippen LogP contribution < -0.4 is 9.62 Å². The zero-order chi connectivity index (χ0) is 29.3. The summed E-state index contributed by atoms with van der Waals surface area (Å²) in [5.74, 6) is -0.400. The smallest absolute Gasteiger partial charge is 0.243 e. The molecule has 0 heterocycles. The molecule has 1 atom stereocenters. The van der Waals surface area contributed by atoms with Gasteiger partial charge in [-0.25, -0.2) is 8.42 Å². The number of sulfonamides is 1. The molecule has 0 saturated heterocycles. The fourth-order valence-electron chi connectivity index (χ4n) is 4.74. The van der Waals surface area contributed by atoms with Crippen LogP contribution in [0.3, 0.4) is 0 Å². The monoisotopic (exact) mass is 563 g/mol. The van der Waals surface area contributed by atoms with Crippen LogP contribution in [0.2, 0.25) is 0 Å². The highest BCUT2D eigenvalue weighted by atomic mass is 32.2. The van der Waals surface area contributed by atoms with E-state index in [2.05, 4.69) is 5.32 Å². The number of aryl methyl sites for hydroxylation is 3. The van der Waals surface area contributed by atoms with Crippen LogP contribution in [0.4, 0.5) is 5.69 Å². The van der Waals surface area contributed by atoms with Crippen molar-refractivity contribution in [3.63, 3.8) is 0 Å². The lowest BCUT2D eigenvalue weighted by atomic mass is 10.0. The van der Waals surface area contributed by atoms with Crippen LogP contribution in [0.25, 0.3) is 0 Å². The van der Waals surface area contributed by atoms with Crippen LogP contribution in [0.15, 0.2) is 72.8 Å². The van der Waals surface area contributed by atoms with E-state index in [9.17, 15) is 18.0 Å². The molecule has 0 bridgehead atoms. The Balaban J connectivity index is 1.87. The Morgan fingerprint density at radius 1 is 0.875 bits per heavy atom. The van der Waals surface area contributed by atoms with Crippen molar-refractivity contribution in [3.8, 4) is 0 Å². The Labute approximate surface area is 239 Å². The van der Waals surface area contributed by atoms with Crippen molar-refractivity contribution < 1.29 is 18.0 Å². The van der Waals surface area contributed by atoms with Gasteiger partial charge in [0.05, 0.1) is 11.9 Å². The number of amides is 2. The van der Waals surface area contributed by atoms with Gasteiger partial charge in [-0.2, -0.15) is 0 Å². The summed E-state index contributed by atoms with van der Waals surface area (Å²) in [6.45, 7) is 8.67. The van der Waals surface area contributed by atoms with E-state index >= 15 is 0 Å². The van der Waals surface area contributed by atoms with Gasteiger partial charge in [0.25, 0.3) is 0 Å². The van der Waals surface area contributed by atoms with Crippen molar-refractivity contribution >= 4 is 27.5 Å². The van der Waals surface area contributed by atoms with Gasteiger partial charge in [0.2, 0.25) is 21.8 Å². The molecule has 2 amide bonds. The molecule has 0 saturated carbocycles. The first kappa shape index (κ1) is 30.9. The van der Waals surface area contributed by atoms with Crippen molar-refractivity contribution in [2.75, 3.05) is 23.7 Å². The first-order valence-electron chi connectivity index (χ1n) is 13.7. The summed E-state index contributed by atoms with van der Waals surface area (Å²) in [7, 11) is -3.55. The minimum Gasteiger partial charge on any atom is -0.355 e. The summed E-state index contributed by atoms with van der Waals surface area (Å²) < 4.78 is 26.7. The van der Waals surface area contributed by atoms with Gasteiger partial charge in [0.15, 0.2) is 0 Å². The Morgan fingerprint density at radius 3 is 2.20 bits per heavy atom. The number of anilines is 1. The third-order valence-electron chi connectivity index (χ3n) is 6.99. The average Bonchev–Trinajstić information content (AvgIpc) is 2.90. The number of hydrogen-bond acceptors (Lipinski definition) is 4. The molecular formula is C32H41N3O4S. The maximum atomic E-state index is 13.8. The quantitative estimate of drug-likeness (QED) is 0.319. The number of rotatable bonds is 13. The minimum absolute atomic E-state index is 0.105. The molecule has 0 aliphatic carbocycles. The molecule has 3 aromatic rings. The van der Waals surface area contributed by atoms with Crippen LogP contribution in [0.1, 0.15) is 47.6 Å². The molecule has 8 heteroatoms. The van der Waals surface area contributed by atoms with Crippen LogP contribution in [-0.4, -0.2) is 50.5 Å². The van der Waals surface area contributed by atoms with E-state index in [1.54, 1.807) is 11.0 Å². The highest BCUT2D eigenvalue weighted by molar-refractivity contribution is 7.92. The molecule has 0 fully saturated rings. The second kappa shape index (κ2) is 14.1.